The summed E-state index contributed by atoms with van der Waals surface area (Å²) in [6.07, 6.45) is -4.64. The molecule has 0 spiro atoms. The van der Waals surface area contributed by atoms with Crippen molar-refractivity contribution in [3.05, 3.63) is 63.6 Å². The number of carbonyl (C=O) groups is 2. The Kier molecular flexibility index (Phi) is 5.92. The second kappa shape index (κ2) is 7.76. The Hall–Kier alpha value is -2.25. The van der Waals surface area contributed by atoms with Crippen molar-refractivity contribution in [3.8, 4) is 0 Å². The topological polar surface area (TPSA) is 58.2 Å². The van der Waals surface area contributed by atoms with Gasteiger partial charge in [0.05, 0.1) is 27.7 Å². The molecular weight excluding hydrogens is 380 g/mol. The molecule has 0 saturated carbocycles. The lowest BCUT2D eigenvalue weighted by Gasteiger charge is -2.12. The highest BCUT2D eigenvalue weighted by Crippen LogP contribution is 2.36. The average molecular weight is 391 g/mol. The molecule has 2 amide bonds. The molecule has 0 aliphatic rings. The molecule has 4 nitrogen and oxygen atoms in total. The normalized spacial score (nSPS) is 11.1. The predicted octanol–water partition coefficient (Wildman–Crippen LogP) is 4.38. The van der Waals surface area contributed by atoms with Crippen molar-refractivity contribution in [2.45, 2.75) is 6.18 Å². The monoisotopic (exact) mass is 390 g/mol. The number of benzene rings is 2. The molecule has 0 bridgehead atoms. The van der Waals surface area contributed by atoms with Gasteiger partial charge in [0.25, 0.3) is 5.91 Å². The number of halogens is 5. The second-order valence-corrected chi connectivity index (χ2v) is 5.72. The summed E-state index contributed by atoms with van der Waals surface area (Å²) in [6, 6.07) is 9.22. The first-order chi connectivity index (χ1) is 11.7. The van der Waals surface area contributed by atoms with E-state index in [2.05, 4.69) is 10.6 Å². The number of rotatable bonds is 4. The van der Waals surface area contributed by atoms with Crippen LogP contribution in [-0.2, 0) is 11.0 Å². The van der Waals surface area contributed by atoms with Crippen LogP contribution < -0.4 is 10.6 Å². The highest BCUT2D eigenvalue weighted by Gasteiger charge is 2.33. The molecule has 2 aromatic rings. The number of alkyl halides is 3. The van der Waals surface area contributed by atoms with Crippen molar-refractivity contribution < 1.29 is 22.8 Å². The van der Waals surface area contributed by atoms with Crippen molar-refractivity contribution in [1.82, 2.24) is 5.32 Å². The Balaban J connectivity index is 1.99. The van der Waals surface area contributed by atoms with Crippen LogP contribution in [-0.4, -0.2) is 18.4 Å². The first-order valence-corrected chi connectivity index (χ1v) is 7.63. The largest absolute Gasteiger partial charge is 0.417 e. The van der Waals surface area contributed by atoms with E-state index in [1.54, 1.807) is 12.1 Å². The Morgan fingerprint density at radius 2 is 1.68 bits per heavy atom. The minimum atomic E-state index is -4.64. The van der Waals surface area contributed by atoms with Crippen LogP contribution in [0.25, 0.3) is 0 Å². The van der Waals surface area contributed by atoms with Crippen molar-refractivity contribution in [3.63, 3.8) is 0 Å². The van der Waals surface area contributed by atoms with Crippen LogP contribution in [0, 0.1) is 0 Å². The van der Waals surface area contributed by atoms with E-state index >= 15 is 0 Å². The van der Waals surface area contributed by atoms with Crippen molar-refractivity contribution in [2.75, 3.05) is 11.9 Å². The molecule has 25 heavy (non-hydrogen) atoms. The zero-order valence-electron chi connectivity index (χ0n) is 12.5. The van der Waals surface area contributed by atoms with E-state index in [1.807, 2.05) is 0 Å². The van der Waals surface area contributed by atoms with E-state index < -0.39 is 35.1 Å². The lowest BCUT2D eigenvalue weighted by atomic mass is 10.2. The van der Waals surface area contributed by atoms with Gasteiger partial charge in [0.2, 0.25) is 5.91 Å². The third-order valence-electron chi connectivity index (χ3n) is 3.08. The minimum Gasteiger partial charge on any atom is -0.343 e. The summed E-state index contributed by atoms with van der Waals surface area (Å²) in [5.74, 6) is -1.27. The van der Waals surface area contributed by atoms with E-state index in [9.17, 15) is 22.8 Å². The van der Waals surface area contributed by atoms with Crippen LogP contribution in [0.5, 0.6) is 0 Å². The molecule has 0 aliphatic heterocycles. The lowest BCUT2D eigenvalue weighted by Crippen LogP contribution is -2.33. The zero-order chi connectivity index (χ0) is 18.6. The van der Waals surface area contributed by atoms with E-state index in [4.69, 9.17) is 23.2 Å². The third-order valence-corrected chi connectivity index (χ3v) is 3.74. The van der Waals surface area contributed by atoms with Crippen LogP contribution in [0.3, 0.4) is 0 Å². The molecule has 0 heterocycles. The third kappa shape index (κ3) is 5.11. The molecule has 0 unspecified atom stereocenters. The summed E-state index contributed by atoms with van der Waals surface area (Å²) in [5, 5.41) is 4.33. The molecule has 0 aromatic heterocycles. The van der Waals surface area contributed by atoms with E-state index in [1.165, 1.54) is 18.2 Å². The van der Waals surface area contributed by atoms with Crippen LogP contribution in [0.4, 0.5) is 18.9 Å². The van der Waals surface area contributed by atoms with Crippen molar-refractivity contribution >= 4 is 40.7 Å². The lowest BCUT2D eigenvalue weighted by molar-refractivity contribution is -0.137. The van der Waals surface area contributed by atoms with Gasteiger partial charge in [-0.3, -0.25) is 9.59 Å². The van der Waals surface area contributed by atoms with Gasteiger partial charge >= 0.3 is 6.18 Å². The molecule has 2 rings (SSSR count). The molecule has 2 aromatic carbocycles. The van der Waals surface area contributed by atoms with Gasteiger partial charge in [-0.1, -0.05) is 35.3 Å². The van der Waals surface area contributed by atoms with Gasteiger partial charge in [0.15, 0.2) is 0 Å². The molecule has 0 saturated heterocycles. The summed E-state index contributed by atoms with van der Waals surface area (Å²) in [6.45, 7) is -0.436. The number of carbonyl (C=O) groups excluding carboxylic acids is 2. The maximum atomic E-state index is 12.8. The molecule has 9 heteroatoms. The van der Waals surface area contributed by atoms with E-state index in [-0.39, 0.29) is 16.3 Å². The quantitative estimate of drug-likeness (QED) is 0.813. The summed E-state index contributed by atoms with van der Waals surface area (Å²) >= 11 is 11.4. The van der Waals surface area contributed by atoms with Gasteiger partial charge in [-0.05, 0) is 30.3 Å². The van der Waals surface area contributed by atoms with Gasteiger partial charge in [0, 0.05) is 5.69 Å². The first-order valence-electron chi connectivity index (χ1n) is 6.88. The van der Waals surface area contributed by atoms with Crippen LogP contribution in [0.1, 0.15) is 15.9 Å². The van der Waals surface area contributed by atoms with Crippen LogP contribution in [0.2, 0.25) is 10.0 Å². The Labute approximate surface area is 150 Å². The smallest absolute Gasteiger partial charge is 0.343 e. The fraction of sp³-hybridized carbons (Fsp3) is 0.125. The molecule has 0 atom stereocenters. The standard InChI is InChI=1S/C16H11Cl2F3N2O2/c17-12-4-2-1-3-10(12)15(25)22-8-14(24)23-9-5-6-13(18)11(7-9)16(19,20)21/h1-7H,8H2,(H,22,25)(H,23,24). The van der Waals surface area contributed by atoms with E-state index in [0.717, 1.165) is 12.1 Å². The molecule has 0 aliphatic carbocycles. The van der Waals surface area contributed by atoms with Gasteiger partial charge in [-0.25, -0.2) is 0 Å². The first kappa shape index (κ1) is 19.1. The van der Waals surface area contributed by atoms with Gasteiger partial charge in [-0.2, -0.15) is 13.2 Å². The molecule has 0 fully saturated rings. The average Bonchev–Trinajstić information content (AvgIpc) is 2.54. The zero-order valence-corrected chi connectivity index (χ0v) is 14.0. The summed E-state index contributed by atoms with van der Waals surface area (Å²) in [4.78, 5) is 23.7. The summed E-state index contributed by atoms with van der Waals surface area (Å²) in [7, 11) is 0. The van der Waals surface area contributed by atoms with Crippen molar-refractivity contribution in [1.29, 1.82) is 0 Å². The fourth-order valence-electron chi connectivity index (χ4n) is 1.93. The second-order valence-electron chi connectivity index (χ2n) is 4.90. The van der Waals surface area contributed by atoms with Crippen LogP contribution >= 0.6 is 23.2 Å². The van der Waals surface area contributed by atoms with Gasteiger partial charge < -0.3 is 10.6 Å². The van der Waals surface area contributed by atoms with Crippen LogP contribution in [0.15, 0.2) is 42.5 Å². The predicted molar refractivity (Wildman–Crippen MR) is 88.9 cm³/mol. The maximum absolute atomic E-state index is 12.8. The molecule has 2 N–H and O–H groups in total. The number of nitrogens with one attached hydrogen (secondary N) is 2. The number of anilines is 1. The number of hydrogen-bond acceptors (Lipinski definition) is 2. The minimum absolute atomic E-state index is 0.0892. The molecular formula is C16H11Cl2F3N2O2. The SMILES string of the molecule is O=C(CNC(=O)c1ccccc1Cl)Nc1ccc(Cl)c(C(F)(F)F)c1. The summed E-state index contributed by atoms with van der Waals surface area (Å²) < 4.78 is 38.3. The Morgan fingerprint density at radius 1 is 1.00 bits per heavy atom. The van der Waals surface area contributed by atoms with E-state index in [0.29, 0.717) is 0 Å². The van der Waals surface area contributed by atoms with Gasteiger partial charge in [0.1, 0.15) is 0 Å². The van der Waals surface area contributed by atoms with Gasteiger partial charge in [-0.15, -0.1) is 0 Å². The van der Waals surface area contributed by atoms with Crippen molar-refractivity contribution in [2.24, 2.45) is 0 Å². The molecule has 132 valence electrons. The fourth-order valence-corrected chi connectivity index (χ4v) is 2.37. The summed E-state index contributed by atoms with van der Waals surface area (Å²) in [5.41, 5.74) is -0.969. The maximum Gasteiger partial charge on any atom is 0.417 e. The Bertz CT molecular complexity index is 810. The Morgan fingerprint density at radius 3 is 2.32 bits per heavy atom. The highest BCUT2D eigenvalue weighted by molar-refractivity contribution is 6.33. The number of amides is 2. The highest BCUT2D eigenvalue weighted by atomic mass is 35.5. The number of hydrogen-bond donors (Lipinski definition) is 2. The molecule has 0 radical (unpaired) electrons.